The van der Waals surface area contributed by atoms with E-state index in [2.05, 4.69) is 6.07 Å². The van der Waals surface area contributed by atoms with Gasteiger partial charge in [-0.1, -0.05) is 12.1 Å². The molecule has 2 fully saturated rings. The van der Waals surface area contributed by atoms with Crippen LogP contribution < -0.4 is 24.0 Å². The smallest absolute Gasteiger partial charge is 0.545 e. The molecule has 0 spiro atoms. The van der Waals surface area contributed by atoms with Gasteiger partial charge in [0.1, 0.15) is 0 Å². The van der Waals surface area contributed by atoms with Gasteiger partial charge < -0.3 is 19.5 Å². The number of nitrogens with zero attached hydrogens (tertiary/aromatic N) is 1. The van der Waals surface area contributed by atoms with Crippen LogP contribution in [0.15, 0.2) is 24.3 Å². The summed E-state index contributed by atoms with van der Waals surface area (Å²) in [5.74, 6) is -0.456. The summed E-state index contributed by atoms with van der Waals surface area (Å²) in [6.45, 7) is 2.32. The first-order valence-corrected chi connectivity index (χ1v) is 8.54. The zero-order chi connectivity index (χ0) is 16.7. The van der Waals surface area contributed by atoms with Gasteiger partial charge in [0.2, 0.25) is 5.91 Å². The number of carbonyl (C=O) groups excluding carboxylic acids is 2. The van der Waals surface area contributed by atoms with E-state index in [1.54, 1.807) is 12.1 Å². The molecule has 0 N–H and O–H groups in total. The zero-order valence-corrected chi connectivity index (χ0v) is 14.5. The molecule has 0 radical (unpaired) electrons. The summed E-state index contributed by atoms with van der Waals surface area (Å²) in [6.07, 6.45) is 5.05. The van der Waals surface area contributed by atoms with Gasteiger partial charge >= 0.3 is 18.9 Å². The van der Waals surface area contributed by atoms with Gasteiger partial charge in [0.25, 0.3) is 0 Å². The van der Waals surface area contributed by atoms with Gasteiger partial charge in [0, 0.05) is 13.1 Å². The topological polar surface area (TPSA) is 69.7 Å². The van der Waals surface area contributed by atoms with E-state index in [1.807, 2.05) is 11.0 Å². The van der Waals surface area contributed by atoms with Crippen molar-refractivity contribution in [2.24, 2.45) is 5.92 Å². The van der Waals surface area contributed by atoms with Crippen molar-refractivity contribution < 1.29 is 38.3 Å². The van der Waals surface area contributed by atoms with Gasteiger partial charge in [-0.15, -0.1) is 0 Å². The summed E-state index contributed by atoms with van der Waals surface area (Å²) in [7, 11) is 0. The van der Waals surface area contributed by atoms with Gasteiger partial charge in [-0.2, -0.15) is 0 Å². The predicted molar refractivity (Wildman–Crippen MR) is 86.2 cm³/mol. The fourth-order valence-corrected chi connectivity index (χ4v) is 3.38. The fourth-order valence-electron chi connectivity index (χ4n) is 3.38. The van der Waals surface area contributed by atoms with E-state index in [4.69, 9.17) is 4.74 Å². The Bertz CT molecular complexity index is 722. The Morgan fingerprint density at radius 3 is 2.44 bits per heavy atom. The van der Waals surface area contributed by atoms with Crippen molar-refractivity contribution >= 4 is 17.4 Å². The second kappa shape index (κ2) is 7.37. The van der Waals surface area contributed by atoms with E-state index in [0.717, 1.165) is 36.0 Å². The molecule has 0 unspecified atom stereocenters. The summed E-state index contributed by atoms with van der Waals surface area (Å²) >= 11 is 0. The van der Waals surface area contributed by atoms with Gasteiger partial charge in [0.05, 0.1) is 25.1 Å². The molecule has 1 saturated carbocycles. The zero-order valence-electron chi connectivity index (χ0n) is 14.5. The fraction of sp³-hybridized carbons (Fsp3) is 0.474. The number of ether oxygens (including phenoxy) is 1. The van der Waals surface area contributed by atoms with Crippen LogP contribution in [0, 0.1) is 5.92 Å². The van der Waals surface area contributed by atoms with Crippen LogP contribution in [-0.2, 0) is 9.53 Å². The first kappa shape index (κ1) is 18.3. The minimum Gasteiger partial charge on any atom is -0.545 e. The SMILES string of the molecule is O=C([O-])c1cc(C2=CCN(C(=O)C3COC3)CC2)cc(C2CC2)c1.[Li+]. The third-order valence-corrected chi connectivity index (χ3v) is 5.12. The second-order valence-corrected chi connectivity index (χ2v) is 6.90. The summed E-state index contributed by atoms with van der Waals surface area (Å²) in [5.41, 5.74) is 3.42. The number of hydrogen-bond donors (Lipinski definition) is 0. The van der Waals surface area contributed by atoms with E-state index in [0.29, 0.717) is 32.2 Å². The molecule has 3 aliphatic rings. The molecule has 2 heterocycles. The van der Waals surface area contributed by atoms with Crippen molar-refractivity contribution in [1.82, 2.24) is 4.90 Å². The van der Waals surface area contributed by atoms with E-state index in [9.17, 15) is 14.7 Å². The summed E-state index contributed by atoms with van der Waals surface area (Å²) in [5, 5.41) is 11.3. The Labute approximate surface area is 159 Å². The normalized spacial score (nSPS) is 20.3. The molecule has 1 amide bonds. The molecule has 1 saturated heterocycles. The van der Waals surface area contributed by atoms with Gasteiger partial charge in [-0.25, -0.2) is 0 Å². The molecule has 0 atom stereocenters. The molecule has 6 heteroatoms. The molecule has 0 aromatic heterocycles. The van der Waals surface area contributed by atoms with Crippen molar-refractivity contribution in [3.8, 4) is 0 Å². The van der Waals surface area contributed by atoms with Gasteiger partial charge in [-0.3, -0.25) is 4.79 Å². The monoisotopic (exact) mass is 333 g/mol. The first-order chi connectivity index (χ1) is 11.6. The van der Waals surface area contributed by atoms with Crippen LogP contribution in [0.2, 0.25) is 0 Å². The number of aromatic carboxylic acids is 1. The maximum absolute atomic E-state index is 12.2. The Balaban J connectivity index is 0.00000182. The van der Waals surface area contributed by atoms with E-state index in [-0.39, 0.29) is 36.2 Å². The van der Waals surface area contributed by atoms with Crippen LogP contribution in [0.25, 0.3) is 5.57 Å². The number of carbonyl (C=O) groups is 2. The molecular weight excluding hydrogens is 313 g/mol. The van der Waals surface area contributed by atoms with Crippen LogP contribution in [0.4, 0.5) is 0 Å². The van der Waals surface area contributed by atoms with Crippen LogP contribution in [0.3, 0.4) is 0 Å². The number of carboxylic acids is 1. The number of carboxylic acid groups (broad SMARTS) is 1. The molecule has 0 bridgehead atoms. The molecule has 1 aliphatic carbocycles. The summed E-state index contributed by atoms with van der Waals surface area (Å²) in [4.78, 5) is 25.4. The summed E-state index contributed by atoms with van der Waals surface area (Å²) < 4.78 is 5.09. The standard InChI is InChI=1S/C19H21NO4.Li/c21-18(17-10-24-11-17)20-5-3-13(4-6-20)15-7-14(12-1-2-12)8-16(9-15)19(22)23;/h3,7-9,12,17H,1-2,4-6,10-11H2,(H,22,23);/q;+1/p-1. The van der Waals surface area contributed by atoms with Crippen LogP contribution in [0.1, 0.15) is 46.7 Å². The largest absolute Gasteiger partial charge is 1.00 e. The molecule has 25 heavy (non-hydrogen) atoms. The third-order valence-electron chi connectivity index (χ3n) is 5.12. The second-order valence-electron chi connectivity index (χ2n) is 6.90. The molecule has 126 valence electrons. The minimum atomic E-state index is -1.13. The van der Waals surface area contributed by atoms with Crippen LogP contribution in [0.5, 0.6) is 0 Å². The summed E-state index contributed by atoms with van der Waals surface area (Å²) in [6, 6.07) is 5.55. The Kier molecular flexibility index (Phi) is 5.38. The maximum atomic E-state index is 12.2. The number of amides is 1. The predicted octanol–water partition coefficient (Wildman–Crippen LogP) is -1.81. The van der Waals surface area contributed by atoms with E-state index in [1.165, 1.54) is 0 Å². The molecule has 5 nitrogen and oxygen atoms in total. The average molecular weight is 333 g/mol. The molecule has 2 aliphatic heterocycles. The Morgan fingerprint density at radius 1 is 1.16 bits per heavy atom. The number of rotatable bonds is 4. The van der Waals surface area contributed by atoms with Crippen molar-refractivity contribution in [2.75, 3.05) is 26.3 Å². The Hall–Kier alpha value is -1.54. The van der Waals surface area contributed by atoms with Gasteiger partial charge in [0.15, 0.2) is 0 Å². The molecule has 1 aromatic carbocycles. The molecular formula is C19H20LiNO4. The van der Waals surface area contributed by atoms with Gasteiger partial charge in [-0.05, 0) is 59.6 Å². The minimum absolute atomic E-state index is 0. The van der Waals surface area contributed by atoms with E-state index < -0.39 is 5.97 Å². The number of hydrogen-bond acceptors (Lipinski definition) is 4. The number of benzene rings is 1. The van der Waals surface area contributed by atoms with Crippen molar-refractivity contribution in [3.63, 3.8) is 0 Å². The van der Waals surface area contributed by atoms with E-state index >= 15 is 0 Å². The quantitative estimate of drug-likeness (QED) is 0.610. The van der Waals surface area contributed by atoms with Crippen molar-refractivity contribution in [1.29, 1.82) is 0 Å². The average Bonchev–Trinajstić information content (AvgIpc) is 3.38. The maximum Gasteiger partial charge on any atom is 1.00 e. The molecule has 4 rings (SSSR count). The molecule has 1 aromatic rings. The Morgan fingerprint density at radius 2 is 1.92 bits per heavy atom. The van der Waals surface area contributed by atoms with Crippen LogP contribution in [-0.4, -0.2) is 43.1 Å². The van der Waals surface area contributed by atoms with Crippen LogP contribution >= 0.6 is 0 Å². The third kappa shape index (κ3) is 3.84. The van der Waals surface area contributed by atoms with Crippen molar-refractivity contribution in [3.05, 3.63) is 41.0 Å². The van der Waals surface area contributed by atoms with Crippen molar-refractivity contribution in [2.45, 2.75) is 25.2 Å². The first-order valence-electron chi connectivity index (χ1n) is 8.54.